The summed E-state index contributed by atoms with van der Waals surface area (Å²) in [6.45, 7) is 2.92. The Morgan fingerprint density at radius 3 is 1.64 bits per heavy atom. The van der Waals surface area contributed by atoms with Gasteiger partial charge in [-0.15, -0.1) is 0 Å². The summed E-state index contributed by atoms with van der Waals surface area (Å²) in [6, 6.07) is 0. The molecule has 7 N–H and O–H groups in total. The van der Waals surface area contributed by atoms with Crippen molar-refractivity contribution in [2.75, 3.05) is 0 Å². The van der Waals surface area contributed by atoms with Gasteiger partial charge in [0.1, 0.15) is 36.6 Å². The Labute approximate surface area is 127 Å². The van der Waals surface area contributed by atoms with Crippen molar-refractivity contribution in [3.8, 4) is 0 Å². The van der Waals surface area contributed by atoms with Crippen molar-refractivity contribution >= 4 is 0 Å². The summed E-state index contributed by atoms with van der Waals surface area (Å²) in [6.07, 6.45) is -13.9. The lowest BCUT2D eigenvalue weighted by atomic mass is 9.79. The molecule has 130 valence electrons. The predicted molar refractivity (Wildman–Crippen MR) is 70.4 cm³/mol. The molecule has 1 saturated carbocycles. The fourth-order valence-electron chi connectivity index (χ4n) is 2.86. The molecular weight excluding hydrogens is 300 g/mol. The number of hydrogen-bond acceptors (Lipinski definition) is 9. The van der Waals surface area contributed by atoms with Crippen molar-refractivity contribution in [1.29, 1.82) is 0 Å². The van der Waals surface area contributed by atoms with Crippen molar-refractivity contribution < 1.29 is 45.2 Å². The predicted octanol–water partition coefficient (Wildman–Crippen LogP) is -3.71. The van der Waals surface area contributed by atoms with E-state index in [0.717, 1.165) is 0 Å². The van der Waals surface area contributed by atoms with Gasteiger partial charge in [0, 0.05) is 5.92 Å². The third-order valence-corrected chi connectivity index (χ3v) is 4.55. The van der Waals surface area contributed by atoms with E-state index in [0.29, 0.717) is 0 Å². The monoisotopic (exact) mass is 324 g/mol. The SMILES string of the molecule is CC1C(O)C(O)C(O[C@@H]2OC(C)[C@H](O)C(O)C2O)C(O)C1O. The first-order valence-electron chi connectivity index (χ1n) is 7.24. The molecule has 9 atom stereocenters. The Balaban J connectivity index is 2.11. The van der Waals surface area contributed by atoms with Gasteiger partial charge < -0.3 is 45.2 Å². The zero-order valence-corrected chi connectivity index (χ0v) is 12.3. The van der Waals surface area contributed by atoms with Crippen LogP contribution in [0, 0.1) is 5.92 Å². The van der Waals surface area contributed by atoms with Crippen LogP contribution in [0.5, 0.6) is 0 Å². The second kappa shape index (κ2) is 6.63. The molecule has 0 aromatic heterocycles. The average molecular weight is 324 g/mol. The average Bonchev–Trinajstić information content (AvgIpc) is 2.50. The minimum absolute atomic E-state index is 0.770. The van der Waals surface area contributed by atoms with E-state index >= 15 is 0 Å². The molecule has 1 aliphatic carbocycles. The van der Waals surface area contributed by atoms with Gasteiger partial charge in [-0.3, -0.25) is 0 Å². The lowest BCUT2D eigenvalue weighted by Crippen LogP contribution is -2.64. The summed E-state index contributed by atoms with van der Waals surface area (Å²) in [5, 5.41) is 68.9. The maximum atomic E-state index is 10.0. The molecule has 0 aromatic rings. The van der Waals surface area contributed by atoms with Gasteiger partial charge in [0.15, 0.2) is 6.29 Å². The highest BCUT2D eigenvalue weighted by atomic mass is 16.7. The normalized spacial score (nSPS) is 56.9. The van der Waals surface area contributed by atoms with E-state index in [1.807, 2.05) is 0 Å². The van der Waals surface area contributed by atoms with Gasteiger partial charge in [-0.1, -0.05) is 6.92 Å². The second-order valence-corrected chi connectivity index (χ2v) is 6.10. The van der Waals surface area contributed by atoms with E-state index in [1.165, 1.54) is 13.8 Å². The molecule has 0 radical (unpaired) electrons. The Bertz CT molecular complexity index is 365. The minimum atomic E-state index is -1.61. The number of aliphatic hydroxyl groups excluding tert-OH is 7. The van der Waals surface area contributed by atoms with Crippen LogP contribution in [0.15, 0.2) is 0 Å². The molecule has 2 rings (SSSR count). The van der Waals surface area contributed by atoms with Crippen molar-refractivity contribution in [2.45, 2.75) is 75.1 Å². The molecule has 0 amide bonds. The van der Waals surface area contributed by atoms with Gasteiger partial charge in [-0.25, -0.2) is 0 Å². The Morgan fingerprint density at radius 1 is 0.636 bits per heavy atom. The zero-order chi connectivity index (χ0) is 16.8. The summed E-state index contributed by atoms with van der Waals surface area (Å²) in [5.41, 5.74) is 0. The molecule has 0 aromatic carbocycles. The highest BCUT2D eigenvalue weighted by Gasteiger charge is 2.51. The topological polar surface area (TPSA) is 160 Å². The summed E-state index contributed by atoms with van der Waals surface area (Å²) < 4.78 is 10.5. The quantitative estimate of drug-likeness (QED) is 0.271. The zero-order valence-electron chi connectivity index (χ0n) is 12.3. The maximum Gasteiger partial charge on any atom is 0.187 e. The van der Waals surface area contributed by atoms with Crippen LogP contribution in [-0.4, -0.2) is 97.0 Å². The molecule has 22 heavy (non-hydrogen) atoms. The maximum absolute atomic E-state index is 10.0. The van der Waals surface area contributed by atoms with Crippen LogP contribution < -0.4 is 0 Å². The molecule has 2 fully saturated rings. The third-order valence-electron chi connectivity index (χ3n) is 4.55. The molecule has 9 nitrogen and oxygen atoms in total. The summed E-state index contributed by atoms with van der Waals surface area (Å²) >= 11 is 0. The van der Waals surface area contributed by atoms with Gasteiger partial charge in [0.05, 0.1) is 18.3 Å². The Kier molecular flexibility index (Phi) is 5.42. The molecule has 1 saturated heterocycles. The van der Waals surface area contributed by atoms with E-state index in [1.54, 1.807) is 0 Å². The van der Waals surface area contributed by atoms with Crippen molar-refractivity contribution in [1.82, 2.24) is 0 Å². The van der Waals surface area contributed by atoms with Crippen LogP contribution in [0.25, 0.3) is 0 Å². The Hall–Kier alpha value is -0.360. The van der Waals surface area contributed by atoms with E-state index < -0.39 is 67.1 Å². The largest absolute Gasteiger partial charge is 0.390 e. The lowest BCUT2D eigenvalue weighted by molar-refractivity contribution is -0.332. The second-order valence-electron chi connectivity index (χ2n) is 6.10. The van der Waals surface area contributed by atoms with Crippen LogP contribution in [0.1, 0.15) is 13.8 Å². The van der Waals surface area contributed by atoms with Crippen LogP contribution in [0.2, 0.25) is 0 Å². The summed E-state index contributed by atoms with van der Waals surface area (Å²) in [4.78, 5) is 0. The number of ether oxygens (including phenoxy) is 2. The van der Waals surface area contributed by atoms with Crippen molar-refractivity contribution in [3.63, 3.8) is 0 Å². The van der Waals surface area contributed by atoms with Gasteiger partial charge in [-0.05, 0) is 6.92 Å². The van der Waals surface area contributed by atoms with E-state index in [4.69, 9.17) is 9.47 Å². The smallest absolute Gasteiger partial charge is 0.187 e. The van der Waals surface area contributed by atoms with Gasteiger partial charge in [0.2, 0.25) is 0 Å². The molecule has 1 aliphatic heterocycles. The van der Waals surface area contributed by atoms with Crippen LogP contribution in [0.3, 0.4) is 0 Å². The molecule has 0 bridgehead atoms. The van der Waals surface area contributed by atoms with Gasteiger partial charge in [-0.2, -0.15) is 0 Å². The van der Waals surface area contributed by atoms with Crippen molar-refractivity contribution in [2.24, 2.45) is 5.92 Å². The highest BCUT2D eigenvalue weighted by Crippen LogP contribution is 2.31. The van der Waals surface area contributed by atoms with E-state index in [-0.39, 0.29) is 0 Å². The first-order chi connectivity index (χ1) is 10.2. The molecule has 1 heterocycles. The minimum Gasteiger partial charge on any atom is -0.390 e. The summed E-state index contributed by atoms with van der Waals surface area (Å²) in [7, 11) is 0. The fraction of sp³-hybridized carbons (Fsp3) is 1.00. The van der Waals surface area contributed by atoms with Crippen LogP contribution >= 0.6 is 0 Å². The van der Waals surface area contributed by atoms with Crippen LogP contribution in [0.4, 0.5) is 0 Å². The first-order valence-corrected chi connectivity index (χ1v) is 7.24. The molecule has 7 unspecified atom stereocenters. The first kappa shape index (κ1) is 18.0. The molecule has 2 aliphatic rings. The number of rotatable bonds is 2. The lowest BCUT2D eigenvalue weighted by Gasteiger charge is -2.46. The van der Waals surface area contributed by atoms with Gasteiger partial charge >= 0.3 is 0 Å². The standard InChI is InChI=1S/C13H24O9/c1-3-5(14)9(18)12(10(19)6(3)15)22-13-11(20)8(17)7(16)4(2)21-13/h3-20H,1-2H3/t3?,4?,5?,6?,7-,8?,9?,10?,11?,12?,13-/m0/s1. The van der Waals surface area contributed by atoms with Crippen LogP contribution in [-0.2, 0) is 9.47 Å². The number of hydrogen-bond donors (Lipinski definition) is 7. The molecule has 9 heteroatoms. The van der Waals surface area contributed by atoms with E-state index in [2.05, 4.69) is 0 Å². The highest BCUT2D eigenvalue weighted by molar-refractivity contribution is 4.98. The number of aliphatic hydroxyl groups is 7. The molecule has 0 spiro atoms. The van der Waals surface area contributed by atoms with Gasteiger partial charge in [0.25, 0.3) is 0 Å². The summed E-state index contributed by atoms with van der Waals surface area (Å²) in [5.74, 6) is -0.770. The van der Waals surface area contributed by atoms with E-state index in [9.17, 15) is 35.7 Å². The fourth-order valence-corrected chi connectivity index (χ4v) is 2.86. The Morgan fingerprint density at radius 2 is 1.14 bits per heavy atom. The van der Waals surface area contributed by atoms with Crippen molar-refractivity contribution in [3.05, 3.63) is 0 Å². The third kappa shape index (κ3) is 3.01. The molecular formula is C13H24O9.